The number of likely N-dealkylation sites (tertiary alicyclic amines) is 1. The largest absolute Gasteiger partial charge is 0.409 e. The molecule has 3 N–H and O–H groups in total. The lowest BCUT2D eigenvalue weighted by atomic mass is 9.97. The van der Waals surface area contributed by atoms with E-state index < -0.39 is 0 Å². The quantitative estimate of drug-likeness (QED) is 0.371. The molecule has 2 rings (SSSR count). The monoisotopic (exact) mass is 277 g/mol. The third-order valence-electron chi connectivity index (χ3n) is 3.91. The summed E-state index contributed by atoms with van der Waals surface area (Å²) in [6.07, 6.45) is 4.13. The van der Waals surface area contributed by atoms with Crippen LogP contribution in [0.5, 0.6) is 0 Å². The Morgan fingerprint density at radius 1 is 1.55 bits per heavy atom. The molecule has 0 aromatic carbocycles. The normalized spacial score (nSPS) is 18.2. The maximum absolute atomic E-state index is 8.73. The molecule has 0 aliphatic carbocycles. The molecular weight excluding hydrogens is 254 g/mol. The maximum atomic E-state index is 8.73. The standard InChI is InChI=1S/C14H23N5O/c1-18-7-4-11(5-8-18)10-19(2)13-9-12(3-6-16-13)14(15)17-20/h3,6,9,11,20H,4-5,7-8,10H2,1-2H3,(H2,15,17). The number of anilines is 1. The molecule has 110 valence electrons. The highest BCUT2D eigenvalue weighted by Gasteiger charge is 2.18. The SMILES string of the molecule is CN1CCC(CN(C)c2cc(C(N)=NO)ccn2)CC1. The smallest absolute Gasteiger partial charge is 0.170 e. The molecule has 0 atom stereocenters. The highest BCUT2D eigenvalue weighted by molar-refractivity contribution is 5.97. The van der Waals surface area contributed by atoms with Crippen LogP contribution in [0.15, 0.2) is 23.5 Å². The van der Waals surface area contributed by atoms with E-state index in [1.165, 1.54) is 12.8 Å². The van der Waals surface area contributed by atoms with Crippen LogP contribution in [-0.2, 0) is 0 Å². The highest BCUT2D eigenvalue weighted by atomic mass is 16.4. The average molecular weight is 277 g/mol. The number of nitrogens with zero attached hydrogens (tertiary/aromatic N) is 4. The Bertz CT molecular complexity index is 468. The van der Waals surface area contributed by atoms with Crippen LogP contribution >= 0.6 is 0 Å². The van der Waals surface area contributed by atoms with Crippen molar-refractivity contribution in [2.24, 2.45) is 16.8 Å². The van der Waals surface area contributed by atoms with Crippen molar-refractivity contribution in [3.8, 4) is 0 Å². The lowest BCUT2D eigenvalue weighted by molar-refractivity contribution is 0.222. The molecule has 2 heterocycles. The van der Waals surface area contributed by atoms with E-state index in [0.717, 1.165) is 25.5 Å². The van der Waals surface area contributed by atoms with Crippen molar-refractivity contribution in [1.82, 2.24) is 9.88 Å². The van der Waals surface area contributed by atoms with Crippen molar-refractivity contribution in [1.29, 1.82) is 0 Å². The molecule has 1 aromatic rings. The van der Waals surface area contributed by atoms with Gasteiger partial charge in [0.05, 0.1) is 0 Å². The minimum Gasteiger partial charge on any atom is -0.409 e. The molecule has 6 heteroatoms. The zero-order valence-corrected chi connectivity index (χ0v) is 12.2. The summed E-state index contributed by atoms with van der Waals surface area (Å²) in [6, 6.07) is 3.59. The summed E-state index contributed by atoms with van der Waals surface area (Å²) >= 11 is 0. The fourth-order valence-electron chi connectivity index (χ4n) is 2.57. The molecule has 0 bridgehead atoms. The first-order valence-electron chi connectivity index (χ1n) is 6.93. The fourth-order valence-corrected chi connectivity index (χ4v) is 2.57. The van der Waals surface area contributed by atoms with Gasteiger partial charge in [0, 0.05) is 25.4 Å². The van der Waals surface area contributed by atoms with Crippen LogP contribution in [0.1, 0.15) is 18.4 Å². The van der Waals surface area contributed by atoms with Gasteiger partial charge in [-0.05, 0) is 51.0 Å². The van der Waals surface area contributed by atoms with Gasteiger partial charge in [0.25, 0.3) is 0 Å². The highest BCUT2D eigenvalue weighted by Crippen LogP contribution is 2.19. The molecule has 20 heavy (non-hydrogen) atoms. The molecular formula is C14H23N5O. The second-order valence-electron chi connectivity index (χ2n) is 5.52. The number of oxime groups is 1. The molecule has 0 amide bonds. The Balaban J connectivity index is 2.00. The molecule has 0 radical (unpaired) electrons. The van der Waals surface area contributed by atoms with Crippen molar-refractivity contribution < 1.29 is 5.21 Å². The van der Waals surface area contributed by atoms with E-state index in [1.54, 1.807) is 12.3 Å². The summed E-state index contributed by atoms with van der Waals surface area (Å²) in [5.74, 6) is 1.67. The molecule has 0 unspecified atom stereocenters. The molecule has 0 spiro atoms. The first-order valence-corrected chi connectivity index (χ1v) is 6.93. The molecule has 6 nitrogen and oxygen atoms in total. The van der Waals surface area contributed by atoms with Gasteiger partial charge in [0.15, 0.2) is 5.84 Å². The number of rotatable bonds is 4. The van der Waals surface area contributed by atoms with Crippen molar-refractivity contribution >= 4 is 11.7 Å². The minimum absolute atomic E-state index is 0.112. The summed E-state index contributed by atoms with van der Waals surface area (Å²) in [5.41, 5.74) is 6.30. The number of aromatic nitrogens is 1. The van der Waals surface area contributed by atoms with Gasteiger partial charge in [0.2, 0.25) is 0 Å². The maximum Gasteiger partial charge on any atom is 0.170 e. The van der Waals surface area contributed by atoms with Gasteiger partial charge >= 0.3 is 0 Å². The summed E-state index contributed by atoms with van der Waals surface area (Å²) in [6.45, 7) is 3.31. The Morgan fingerprint density at radius 2 is 2.25 bits per heavy atom. The van der Waals surface area contributed by atoms with Gasteiger partial charge in [0.1, 0.15) is 5.82 Å². The second kappa shape index (κ2) is 6.56. The lowest BCUT2D eigenvalue weighted by Crippen LogP contribution is -2.36. The van der Waals surface area contributed by atoms with E-state index in [-0.39, 0.29) is 5.84 Å². The molecule has 1 aliphatic rings. The van der Waals surface area contributed by atoms with E-state index in [0.29, 0.717) is 11.5 Å². The van der Waals surface area contributed by atoms with Crippen LogP contribution in [0, 0.1) is 5.92 Å². The van der Waals surface area contributed by atoms with Crippen LogP contribution < -0.4 is 10.6 Å². The Labute approximate surface area is 119 Å². The number of piperidine rings is 1. The third-order valence-corrected chi connectivity index (χ3v) is 3.91. The van der Waals surface area contributed by atoms with Gasteiger partial charge in [-0.25, -0.2) is 4.98 Å². The van der Waals surface area contributed by atoms with Gasteiger partial charge in [-0.2, -0.15) is 0 Å². The summed E-state index contributed by atoms with van der Waals surface area (Å²) in [5, 5.41) is 11.8. The number of pyridine rings is 1. The van der Waals surface area contributed by atoms with Gasteiger partial charge < -0.3 is 20.7 Å². The Hall–Kier alpha value is -1.82. The first kappa shape index (κ1) is 14.6. The van der Waals surface area contributed by atoms with Gasteiger partial charge in [-0.3, -0.25) is 0 Å². The van der Waals surface area contributed by atoms with Gasteiger partial charge in [-0.1, -0.05) is 5.16 Å². The van der Waals surface area contributed by atoms with E-state index >= 15 is 0 Å². The van der Waals surface area contributed by atoms with Crippen LogP contribution in [-0.4, -0.2) is 54.7 Å². The number of amidine groups is 1. The van der Waals surface area contributed by atoms with E-state index in [4.69, 9.17) is 10.9 Å². The zero-order chi connectivity index (χ0) is 14.5. The van der Waals surface area contributed by atoms with Crippen molar-refractivity contribution in [2.45, 2.75) is 12.8 Å². The Kier molecular flexibility index (Phi) is 4.79. The minimum atomic E-state index is 0.112. The van der Waals surface area contributed by atoms with E-state index in [9.17, 15) is 0 Å². The zero-order valence-electron chi connectivity index (χ0n) is 12.2. The molecule has 1 aliphatic heterocycles. The van der Waals surface area contributed by atoms with Crippen LogP contribution in [0.4, 0.5) is 5.82 Å². The van der Waals surface area contributed by atoms with Crippen LogP contribution in [0.2, 0.25) is 0 Å². The first-order chi connectivity index (χ1) is 9.60. The van der Waals surface area contributed by atoms with Gasteiger partial charge in [-0.15, -0.1) is 0 Å². The Morgan fingerprint density at radius 3 is 2.90 bits per heavy atom. The predicted molar refractivity (Wildman–Crippen MR) is 80.2 cm³/mol. The number of hydrogen-bond donors (Lipinski definition) is 2. The predicted octanol–water partition coefficient (Wildman–Crippen LogP) is 0.954. The molecule has 0 saturated carbocycles. The summed E-state index contributed by atoms with van der Waals surface area (Å²) in [7, 11) is 4.21. The van der Waals surface area contributed by atoms with Crippen molar-refractivity contribution in [2.75, 3.05) is 38.6 Å². The van der Waals surface area contributed by atoms with Crippen molar-refractivity contribution in [3.05, 3.63) is 23.9 Å². The molecule has 1 saturated heterocycles. The average Bonchev–Trinajstić information content (AvgIpc) is 2.49. The van der Waals surface area contributed by atoms with E-state index in [2.05, 4.69) is 27.0 Å². The molecule has 1 fully saturated rings. The number of nitrogens with two attached hydrogens (primary N) is 1. The fraction of sp³-hybridized carbons (Fsp3) is 0.571. The van der Waals surface area contributed by atoms with Crippen molar-refractivity contribution in [3.63, 3.8) is 0 Å². The van der Waals surface area contributed by atoms with Crippen LogP contribution in [0.3, 0.4) is 0 Å². The van der Waals surface area contributed by atoms with Crippen LogP contribution in [0.25, 0.3) is 0 Å². The summed E-state index contributed by atoms with van der Waals surface area (Å²) < 4.78 is 0. The third kappa shape index (κ3) is 3.60. The topological polar surface area (TPSA) is 78.0 Å². The number of hydrogen-bond acceptors (Lipinski definition) is 5. The summed E-state index contributed by atoms with van der Waals surface area (Å²) in [4.78, 5) is 8.87. The lowest BCUT2D eigenvalue weighted by Gasteiger charge is -2.32. The van der Waals surface area contributed by atoms with E-state index in [1.807, 2.05) is 13.1 Å². The molecule has 1 aromatic heterocycles. The second-order valence-corrected chi connectivity index (χ2v) is 5.52.